The summed E-state index contributed by atoms with van der Waals surface area (Å²) >= 11 is 0. The Kier molecular flexibility index (Phi) is 5.44. The minimum atomic E-state index is -0.649. The van der Waals surface area contributed by atoms with Crippen LogP contribution in [0.2, 0.25) is 0 Å². The van der Waals surface area contributed by atoms with Crippen molar-refractivity contribution in [1.82, 2.24) is 9.88 Å². The van der Waals surface area contributed by atoms with Gasteiger partial charge in [0.2, 0.25) is 0 Å². The molecule has 1 fully saturated rings. The number of nitrogens with one attached hydrogen (secondary N) is 1. The van der Waals surface area contributed by atoms with Crippen molar-refractivity contribution in [2.75, 3.05) is 17.6 Å². The van der Waals surface area contributed by atoms with E-state index in [0.717, 1.165) is 17.5 Å². The second kappa shape index (κ2) is 7.78. The fourth-order valence-corrected chi connectivity index (χ4v) is 3.51. The summed E-state index contributed by atoms with van der Waals surface area (Å²) in [5.41, 5.74) is 7.99. The van der Waals surface area contributed by atoms with Crippen LogP contribution in [0.15, 0.2) is 42.6 Å². The molecule has 3 rings (SSSR count). The molecule has 6 nitrogen and oxygen atoms in total. The van der Waals surface area contributed by atoms with Gasteiger partial charge in [-0.15, -0.1) is 0 Å². The molecule has 1 saturated heterocycles. The fourth-order valence-electron chi connectivity index (χ4n) is 3.51. The van der Waals surface area contributed by atoms with E-state index >= 15 is 0 Å². The predicted octanol–water partition coefficient (Wildman–Crippen LogP) is 3.16. The molecule has 3 atom stereocenters. The van der Waals surface area contributed by atoms with Crippen LogP contribution in [0.5, 0.6) is 0 Å². The normalized spacial score (nSPS) is 22.3. The summed E-state index contributed by atoms with van der Waals surface area (Å²) < 4.78 is 0. The van der Waals surface area contributed by atoms with Gasteiger partial charge in [-0.1, -0.05) is 44.2 Å². The molecule has 2 aromatic rings. The highest BCUT2D eigenvalue weighted by Gasteiger charge is 2.37. The van der Waals surface area contributed by atoms with Gasteiger partial charge in [0, 0.05) is 6.54 Å². The van der Waals surface area contributed by atoms with E-state index in [1.165, 1.54) is 6.20 Å². The number of rotatable bonds is 2. The van der Waals surface area contributed by atoms with Crippen molar-refractivity contribution >= 4 is 23.3 Å². The van der Waals surface area contributed by atoms with Crippen molar-refractivity contribution in [2.45, 2.75) is 33.2 Å². The zero-order valence-corrected chi connectivity index (χ0v) is 16.0. The second-order valence-corrected chi connectivity index (χ2v) is 7.45. The molecule has 1 aromatic carbocycles. The number of aryl methyl sites for hydroxylation is 1. The lowest BCUT2D eigenvalue weighted by molar-refractivity contribution is -0.147. The quantitative estimate of drug-likeness (QED) is 0.799. The molecule has 142 valence electrons. The number of piperidine rings is 1. The monoisotopic (exact) mass is 366 g/mol. The standard InChI is InChI=1S/C21H26N4O2/c1-13-10-18(16-7-5-4-6-8-16)25(12-15(13)3)21(27)20(26)24-17-9-14(2)19(22)23-11-17/h4-9,11,13,15,18H,10,12H2,1-3H3,(H2,22,23)(H,24,26)/t13-,15-,18+/m0/s1. The van der Waals surface area contributed by atoms with Crippen molar-refractivity contribution in [2.24, 2.45) is 11.8 Å². The van der Waals surface area contributed by atoms with Gasteiger partial charge in [-0.25, -0.2) is 4.98 Å². The number of nitrogen functional groups attached to an aromatic ring is 1. The molecule has 1 aliphatic rings. The van der Waals surface area contributed by atoms with Gasteiger partial charge in [-0.3, -0.25) is 9.59 Å². The molecule has 0 unspecified atom stereocenters. The van der Waals surface area contributed by atoms with Gasteiger partial charge in [0.15, 0.2) is 0 Å². The summed E-state index contributed by atoms with van der Waals surface area (Å²) in [5, 5.41) is 2.66. The SMILES string of the molecule is Cc1cc(NC(=O)C(=O)N2C[C@H](C)[C@@H](C)C[C@@H]2c2ccccc2)cnc1N. The smallest absolute Gasteiger partial charge is 0.313 e. The Labute approximate surface area is 159 Å². The Hall–Kier alpha value is -2.89. The number of carbonyl (C=O) groups excluding carboxylic acids is 2. The van der Waals surface area contributed by atoms with Gasteiger partial charge in [-0.2, -0.15) is 0 Å². The Morgan fingerprint density at radius 3 is 2.56 bits per heavy atom. The van der Waals surface area contributed by atoms with Gasteiger partial charge in [0.1, 0.15) is 5.82 Å². The lowest BCUT2D eigenvalue weighted by Gasteiger charge is -2.42. The number of pyridine rings is 1. The number of benzene rings is 1. The molecule has 0 spiro atoms. The van der Waals surface area contributed by atoms with Crippen LogP contribution in [0.3, 0.4) is 0 Å². The first kappa shape index (κ1) is 18.9. The van der Waals surface area contributed by atoms with Crippen molar-refractivity contribution in [3.05, 3.63) is 53.7 Å². The summed E-state index contributed by atoms with van der Waals surface area (Å²) in [5.74, 6) is 0.0523. The number of carbonyl (C=O) groups is 2. The molecule has 0 saturated carbocycles. The van der Waals surface area contributed by atoms with E-state index in [2.05, 4.69) is 24.1 Å². The van der Waals surface area contributed by atoms with Gasteiger partial charge in [-0.05, 0) is 42.4 Å². The third-order valence-corrected chi connectivity index (χ3v) is 5.44. The lowest BCUT2D eigenvalue weighted by atomic mass is 9.82. The van der Waals surface area contributed by atoms with E-state index in [9.17, 15) is 9.59 Å². The van der Waals surface area contributed by atoms with E-state index in [1.807, 2.05) is 30.3 Å². The zero-order chi connectivity index (χ0) is 19.6. The topological polar surface area (TPSA) is 88.3 Å². The van der Waals surface area contributed by atoms with Crippen LogP contribution in [0.4, 0.5) is 11.5 Å². The lowest BCUT2D eigenvalue weighted by Crippen LogP contribution is -2.48. The molecule has 0 aliphatic carbocycles. The number of nitrogens with two attached hydrogens (primary N) is 1. The van der Waals surface area contributed by atoms with Gasteiger partial charge < -0.3 is 16.0 Å². The number of hydrogen-bond donors (Lipinski definition) is 2. The fraction of sp³-hybridized carbons (Fsp3) is 0.381. The first-order valence-electron chi connectivity index (χ1n) is 9.25. The van der Waals surface area contributed by atoms with E-state index in [-0.39, 0.29) is 6.04 Å². The van der Waals surface area contributed by atoms with E-state index < -0.39 is 11.8 Å². The average molecular weight is 366 g/mol. The molecule has 3 N–H and O–H groups in total. The van der Waals surface area contributed by atoms with Crippen LogP contribution >= 0.6 is 0 Å². The molecule has 27 heavy (non-hydrogen) atoms. The van der Waals surface area contributed by atoms with Crippen LogP contribution in [0.1, 0.15) is 37.4 Å². The molecular formula is C21H26N4O2. The molecule has 2 amide bonds. The van der Waals surface area contributed by atoms with Crippen molar-refractivity contribution < 1.29 is 9.59 Å². The molecule has 6 heteroatoms. The molecular weight excluding hydrogens is 340 g/mol. The highest BCUT2D eigenvalue weighted by molar-refractivity contribution is 6.39. The van der Waals surface area contributed by atoms with Crippen LogP contribution < -0.4 is 11.1 Å². The number of amides is 2. The summed E-state index contributed by atoms with van der Waals surface area (Å²) in [6.07, 6.45) is 2.30. The molecule has 1 aromatic heterocycles. The van der Waals surface area contributed by atoms with Gasteiger partial charge >= 0.3 is 11.8 Å². The Morgan fingerprint density at radius 1 is 1.19 bits per heavy atom. The van der Waals surface area contributed by atoms with Crippen molar-refractivity contribution in [1.29, 1.82) is 0 Å². The second-order valence-electron chi connectivity index (χ2n) is 7.45. The third kappa shape index (κ3) is 4.10. The number of likely N-dealkylation sites (tertiary alicyclic amines) is 1. The maximum absolute atomic E-state index is 13.0. The molecule has 1 aliphatic heterocycles. The number of hydrogen-bond acceptors (Lipinski definition) is 4. The highest BCUT2D eigenvalue weighted by Crippen LogP contribution is 2.36. The van der Waals surface area contributed by atoms with Gasteiger partial charge in [0.25, 0.3) is 0 Å². The number of anilines is 2. The molecule has 0 bridgehead atoms. The van der Waals surface area contributed by atoms with Crippen LogP contribution in [0.25, 0.3) is 0 Å². The largest absolute Gasteiger partial charge is 0.383 e. The van der Waals surface area contributed by atoms with Gasteiger partial charge in [0.05, 0.1) is 17.9 Å². The maximum Gasteiger partial charge on any atom is 0.313 e. The summed E-state index contributed by atoms with van der Waals surface area (Å²) in [4.78, 5) is 31.3. The summed E-state index contributed by atoms with van der Waals surface area (Å²) in [6, 6.07) is 11.5. The number of aromatic nitrogens is 1. The van der Waals surface area contributed by atoms with E-state index in [1.54, 1.807) is 17.9 Å². The first-order chi connectivity index (χ1) is 12.9. The summed E-state index contributed by atoms with van der Waals surface area (Å²) in [7, 11) is 0. The van der Waals surface area contributed by atoms with Crippen LogP contribution in [0, 0.1) is 18.8 Å². The third-order valence-electron chi connectivity index (χ3n) is 5.44. The highest BCUT2D eigenvalue weighted by atomic mass is 16.2. The zero-order valence-electron chi connectivity index (χ0n) is 16.0. The Bertz CT molecular complexity index is 837. The first-order valence-corrected chi connectivity index (χ1v) is 9.25. The minimum absolute atomic E-state index is 0.0954. The van der Waals surface area contributed by atoms with Crippen LogP contribution in [-0.4, -0.2) is 28.2 Å². The molecule has 2 heterocycles. The van der Waals surface area contributed by atoms with Crippen molar-refractivity contribution in [3.8, 4) is 0 Å². The van der Waals surface area contributed by atoms with E-state index in [4.69, 9.17) is 5.73 Å². The van der Waals surface area contributed by atoms with Crippen molar-refractivity contribution in [3.63, 3.8) is 0 Å². The van der Waals surface area contributed by atoms with E-state index in [0.29, 0.717) is 29.9 Å². The summed E-state index contributed by atoms with van der Waals surface area (Å²) in [6.45, 7) is 6.69. The number of nitrogens with zero attached hydrogens (tertiary/aromatic N) is 2. The Morgan fingerprint density at radius 2 is 1.89 bits per heavy atom. The predicted molar refractivity (Wildman–Crippen MR) is 106 cm³/mol. The average Bonchev–Trinajstić information content (AvgIpc) is 2.66. The minimum Gasteiger partial charge on any atom is -0.383 e. The van der Waals surface area contributed by atoms with Crippen LogP contribution in [-0.2, 0) is 9.59 Å². The molecule has 0 radical (unpaired) electrons. The maximum atomic E-state index is 13.0. The Balaban J connectivity index is 1.81.